The Kier molecular flexibility index (Phi) is 7.58. The number of hydrogen-bond acceptors (Lipinski definition) is 3. The summed E-state index contributed by atoms with van der Waals surface area (Å²) in [5.74, 6) is -0.343. The predicted octanol–water partition coefficient (Wildman–Crippen LogP) is 1.33. The molecule has 0 aromatic rings. The number of allylic oxidation sites excluding steroid dienone is 1. The molecule has 0 aliphatic heterocycles. The molecule has 1 atom stereocenters. The van der Waals surface area contributed by atoms with Crippen molar-refractivity contribution < 1.29 is 14.7 Å². The van der Waals surface area contributed by atoms with Crippen LogP contribution in [0.1, 0.15) is 26.2 Å². The summed E-state index contributed by atoms with van der Waals surface area (Å²) in [5.41, 5.74) is 2.82. The number of unbranched alkanes of at least 4 members (excludes halogenated alkanes) is 1. The molecule has 0 aromatic carbocycles. The first-order valence-corrected chi connectivity index (χ1v) is 4.93. The van der Waals surface area contributed by atoms with Crippen molar-refractivity contribution in [1.82, 2.24) is 5.48 Å². The molecule has 4 heteroatoms. The summed E-state index contributed by atoms with van der Waals surface area (Å²) in [6.07, 6.45) is 2.63. The molecule has 0 heterocycles. The van der Waals surface area contributed by atoms with Gasteiger partial charge < -0.3 is 5.11 Å². The topological polar surface area (TPSA) is 58.6 Å². The molecule has 0 radical (unpaired) electrons. The number of aliphatic hydroxyl groups is 1. The fraction of sp³-hybridized carbons (Fsp3) is 0.545. The van der Waals surface area contributed by atoms with E-state index in [1.54, 1.807) is 13.0 Å². The highest BCUT2D eigenvalue weighted by molar-refractivity contribution is 5.75. The van der Waals surface area contributed by atoms with Gasteiger partial charge in [-0.1, -0.05) is 18.2 Å². The van der Waals surface area contributed by atoms with Crippen LogP contribution >= 0.6 is 0 Å². The molecule has 0 aliphatic rings. The van der Waals surface area contributed by atoms with E-state index >= 15 is 0 Å². The maximum absolute atomic E-state index is 11.1. The van der Waals surface area contributed by atoms with Gasteiger partial charge in [-0.2, -0.15) is 0 Å². The van der Waals surface area contributed by atoms with E-state index in [1.807, 2.05) is 0 Å². The number of hydroxylamine groups is 1. The molecule has 0 unspecified atom stereocenters. The lowest BCUT2D eigenvalue weighted by Gasteiger charge is -2.10. The van der Waals surface area contributed by atoms with Crippen molar-refractivity contribution in [2.24, 2.45) is 0 Å². The van der Waals surface area contributed by atoms with Crippen LogP contribution in [0, 0.1) is 0 Å². The van der Waals surface area contributed by atoms with Crippen LogP contribution in [0.15, 0.2) is 24.8 Å². The Morgan fingerprint density at radius 2 is 2.33 bits per heavy atom. The second-order valence-electron chi connectivity index (χ2n) is 3.37. The Morgan fingerprint density at radius 3 is 2.87 bits per heavy atom. The summed E-state index contributed by atoms with van der Waals surface area (Å²) >= 11 is 0. The lowest BCUT2D eigenvalue weighted by Crippen LogP contribution is -2.28. The zero-order valence-electron chi connectivity index (χ0n) is 9.16. The van der Waals surface area contributed by atoms with E-state index in [9.17, 15) is 9.90 Å². The zero-order valence-corrected chi connectivity index (χ0v) is 9.16. The molecule has 0 aliphatic carbocycles. The van der Waals surface area contributed by atoms with Crippen molar-refractivity contribution in [3.63, 3.8) is 0 Å². The van der Waals surface area contributed by atoms with Crippen molar-refractivity contribution >= 4 is 5.91 Å². The van der Waals surface area contributed by atoms with Crippen LogP contribution in [0.2, 0.25) is 0 Å². The quantitative estimate of drug-likeness (QED) is 0.363. The van der Waals surface area contributed by atoms with Crippen molar-refractivity contribution in [1.29, 1.82) is 0 Å². The predicted molar refractivity (Wildman–Crippen MR) is 59.0 cm³/mol. The Bertz CT molecular complexity index is 226. The summed E-state index contributed by atoms with van der Waals surface area (Å²) in [5, 5.41) is 9.31. The minimum absolute atomic E-state index is 0.0171. The van der Waals surface area contributed by atoms with E-state index in [-0.39, 0.29) is 12.3 Å². The molecular formula is C11H19NO3. The van der Waals surface area contributed by atoms with Crippen molar-refractivity contribution in [3.8, 4) is 0 Å². The summed E-state index contributed by atoms with van der Waals surface area (Å²) in [4.78, 5) is 16.0. The van der Waals surface area contributed by atoms with Gasteiger partial charge in [0.15, 0.2) is 0 Å². The number of carbonyl (C=O) groups excluding carboxylic acids is 1. The largest absolute Gasteiger partial charge is 0.388 e. The molecular weight excluding hydrogens is 194 g/mol. The molecule has 4 nitrogen and oxygen atoms in total. The number of amides is 1. The first kappa shape index (κ1) is 13.9. The van der Waals surface area contributed by atoms with Crippen LogP contribution in [-0.4, -0.2) is 23.7 Å². The number of hydrogen-bond donors (Lipinski definition) is 2. The van der Waals surface area contributed by atoms with Crippen molar-refractivity contribution in [3.05, 3.63) is 24.8 Å². The lowest BCUT2D eigenvalue weighted by atomic mass is 10.1. The van der Waals surface area contributed by atoms with Crippen LogP contribution in [0.5, 0.6) is 0 Å². The van der Waals surface area contributed by atoms with Gasteiger partial charge in [0.25, 0.3) is 0 Å². The van der Waals surface area contributed by atoms with Gasteiger partial charge in [0.1, 0.15) is 0 Å². The second-order valence-corrected chi connectivity index (χ2v) is 3.37. The van der Waals surface area contributed by atoms with Gasteiger partial charge in [-0.15, -0.1) is 6.58 Å². The number of aliphatic hydroxyl groups excluding tert-OH is 1. The highest BCUT2D eigenvalue weighted by Gasteiger charge is 2.10. The van der Waals surface area contributed by atoms with Crippen LogP contribution in [-0.2, 0) is 9.63 Å². The monoisotopic (exact) mass is 213 g/mol. The van der Waals surface area contributed by atoms with E-state index in [1.165, 1.54) is 0 Å². The molecule has 2 N–H and O–H groups in total. The number of nitrogens with one attached hydrogen (secondary N) is 1. The molecule has 0 rings (SSSR count). The average molecular weight is 213 g/mol. The molecule has 15 heavy (non-hydrogen) atoms. The summed E-state index contributed by atoms with van der Waals surface area (Å²) < 4.78 is 0. The lowest BCUT2D eigenvalue weighted by molar-refractivity contribution is -0.135. The molecule has 0 bridgehead atoms. The van der Waals surface area contributed by atoms with E-state index in [4.69, 9.17) is 4.84 Å². The maximum atomic E-state index is 11.1. The van der Waals surface area contributed by atoms with Gasteiger partial charge in [0.2, 0.25) is 5.91 Å². The minimum atomic E-state index is -0.804. The van der Waals surface area contributed by atoms with Crippen LogP contribution in [0.3, 0.4) is 0 Å². The molecule has 0 saturated heterocycles. The van der Waals surface area contributed by atoms with Crippen LogP contribution in [0.4, 0.5) is 0 Å². The summed E-state index contributed by atoms with van der Waals surface area (Å²) in [7, 11) is 0. The fourth-order valence-corrected chi connectivity index (χ4v) is 0.823. The smallest absolute Gasteiger partial charge is 0.246 e. The third-order valence-corrected chi connectivity index (χ3v) is 1.79. The third kappa shape index (κ3) is 7.90. The molecule has 0 saturated carbocycles. The highest BCUT2D eigenvalue weighted by Crippen LogP contribution is 2.01. The van der Waals surface area contributed by atoms with E-state index in [0.717, 1.165) is 12.8 Å². The SMILES string of the molecule is C=CCCCONC(=O)C[C@H](O)C(=C)C. The normalized spacial score (nSPS) is 11.9. The molecule has 0 spiro atoms. The first-order chi connectivity index (χ1) is 7.07. The molecule has 1 amide bonds. The van der Waals surface area contributed by atoms with Crippen LogP contribution in [0.25, 0.3) is 0 Å². The minimum Gasteiger partial charge on any atom is -0.388 e. The van der Waals surface area contributed by atoms with E-state index in [2.05, 4.69) is 18.6 Å². The van der Waals surface area contributed by atoms with Gasteiger partial charge in [-0.25, -0.2) is 5.48 Å². The van der Waals surface area contributed by atoms with E-state index < -0.39 is 6.10 Å². The van der Waals surface area contributed by atoms with Crippen LogP contribution < -0.4 is 5.48 Å². The standard InChI is InChI=1S/C11H19NO3/c1-4-5-6-7-15-12-11(14)8-10(13)9(2)3/h4,10,13H,1-2,5-8H2,3H3,(H,12,14)/t10-/m0/s1. The number of carbonyl (C=O) groups is 1. The number of rotatable bonds is 8. The zero-order chi connectivity index (χ0) is 11.7. The Morgan fingerprint density at radius 1 is 1.67 bits per heavy atom. The summed E-state index contributed by atoms with van der Waals surface area (Å²) in [6, 6.07) is 0. The Hall–Kier alpha value is -1.13. The molecule has 0 fully saturated rings. The molecule has 86 valence electrons. The van der Waals surface area contributed by atoms with Gasteiger partial charge in [0, 0.05) is 0 Å². The van der Waals surface area contributed by atoms with E-state index in [0.29, 0.717) is 12.2 Å². The van der Waals surface area contributed by atoms with Gasteiger partial charge >= 0.3 is 0 Å². The van der Waals surface area contributed by atoms with Gasteiger partial charge in [0.05, 0.1) is 19.1 Å². The molecule has 0 aromatic heterocycles. The Labute approximate surface area is 90.6 Å². The maximum Gasteiger partial charge on any atom is 0.246 e. The average Bonchev–Trinajstić information content (AvgIpc) is 2.17. The second kappa shape index (κ2) is 8.20. The summed E-state index contributed by atoms with van der Waals surface area (Å²) in [6.45, 7) is 9.23. The van der Waals surface area contributed by atoms with Crippen molar-refractivity contribution in [2.45, 2.75) is 32.3 Å². The van der Waals surface area contributed by atoms with Gasteiger partial charge in [-0.3, -0.25) is 9.63 Å². The Balaban J connectivity index is 3.49. The fourth-order valence-electron chi connectivity index (χ4n) is 0.823. The highest BCUT2D eigenvalue weighted by atomic mass is 16.6. The third-order valence-electron chi connectivity index (χ3n) is 1.79. The first-order valence-electron chi connectivity index (χ1n) is 4.93. The van der Waals surface area contributed by atoms with Crippen molar-refractivity contribution in [2.75, 3.05) is 6.61 Å². The van der Waals surface area contributed by atoms with Gasteiger partial charge in [-0.05, 0) is 19.8 Å².